The first-order valence-corrected chi connectivity index (χ1v) is 7.03. The molecule has 1 heterocycles. The van der Waals surface area contributed by atoms with Gasteiger partial charge in [-0.15, -0.1) is 0 Å². The van der Waals surface area contributed by atoms with E-state index in [0.717, 1.165) is 0 Å². The van der Waals surface area contributed by atoms with Crippen LogP contribution in [0.25, 0.3) is 0 Å². The second-order valence-corrected chi connectivity index (χ2v) is 6.51. The summed E-state index contributed by atoms with van der Waals surface area (Å²) >= 11 is 0. The number of phenolic OH excluding ortho intramolecular Hbond substituents is 1. The van der Waals surface area contributed by atoms with Gasteiger partial charge in [-0.3, -0.25) is 0 Å². The third-order valence-electron chi connectivity index (χ3n) is 3.24. The van der Waals surface area contributed by atoms with Crippen molar-refractivity contribution in [2.24, 2.45) is 0 Å². The Balaban J connectivity index is 2.25. The molecule has 7 heteroatoms. The number of phenols is 1. The van der Waals surface area contributed by atoms with Gasteiger partial charge in [0, 0.05) is 13.1 Å². The number of rotatable bonds is 3. The Bertz CT molecular complexity index is 564. The molecule has 0 aromatic heterocycles. The van der Waals surface area contributed by atoms with Crippen LogP contribution in [-0.2, 0) is 10.0 Å². The molecule has 0 spiro atoms. The Hall–Kier alpha value is -1.31. The molecule has 4 N–H and O–H groups in total. The molecule has 0 radical (unpaired) electrons. The SMILES string of the molecule is CCC1(O)CN(S(=O)(=O)c2ccc(O)c(N)c2)C1. The highest BCUT2D eigenvalue weighted by molar-refractivity contribution is 7.89. The number of hydrogen-bond donors (Lipinski definition) is 3. The molecule has 2 rings (SSSR count). The fraction of sp³-hybridized carbons (Fsp3) is 0.455. The van der Waals surface area contributed by atoms with Gasteiger partial charge in [0.2, 0.25) is 10.0 Å². The highest BCUT2D eigenvalue weighted by Gasteiger charge is 2.45. The summed E-state index contributed by atoms with van der Waals surface area (Å²) in [4.78, 5) is 0.0240. The lowest BCUT2D eigenvalue weighted by atomic mass is 9.94. The first-order valence-electron chi connectivity index (χ1n) is 5.59. The summed E-state index contributed by atoms with van der Waals surface area (Å²) in [7, 11) is -3.64. The number of sulfonamides is 1. The van der Waals surface area contributed by atoms with E-state index in [1.165, 1.54) is 22.5 Å². The molecule has 18 heavy (non-hydrogen) atoms. The summed E-state index contributed by atoms with van der Waals surface area (Å²) < 4.78 is 25.5. The van der Waals surface area contributed by atoms with Crippen LogP contribution in [0.15, 0.2) is 23.1 Å². The average Bonchev–Trinajstić information content (AvgIpc) is 2.28. The number of aliphatic hydroxyl groups is 1. The summed E-state index contributed by atoms with van der Waals surface area (Å²) in [6, 6.07) is 3.76. The number of aromatic hydroxyl groups is 1. The molecule has 0 aliphatic carbocycles. The molecule has 1 aliphatic rings. The van der Waals surface area contributed by atoms with Crippen molar-refractivity contribution in [2.45, 2.75) is 23.8 Å². The lowest BCUT2D eigenvalue weighted by molar-refractivity contribution is -0.0613. The van der Waals surface area contributed by atoms with E-state index in [9.17, 15) is 18.6 Å². The highest BCUT2D eigenvalue weighted by atomic mass is 32.2. The zero-order valence-electron chi connectivity index (χ0n) is 10.00. The van der Waals surface area contributed by atoms with Crippen LogP contribution in [0.3, 0.4) is 0 Å². The van der Waals surface area contributed by atoms with Gasteiger partial charge in [-0.2, -0.15) is 4.31 Å². The maximum atomic E-state index is 12.2. The third kappa shape index (κ3) is 2.05. The van der Waals surface area contributed by atoms with E-state index in [-0.39, 0.29) is 29.4 Å². The lowest BCUT2D eigenvalue weighted by Crippen LogP contribution is -2.62. The monoisotopic (exact) mass is 272 g/mol. The summed E-state index contributed by atoms with van der Waals surface area (Å²) in [5.74, 6) is -0.150. The van der Waals surface area contributed by atoms with Crippen molar-refractivity contribution >= 4 is 15.7 Å². The predicted molar refractivity (Wildman–Crippen MR) is 66.5 cm³/mol. The minimum atomic E-state index is -3.64. The van der Waals surface area contributed by atoms with Crippen molar-refractivity contribution in [2.75, 3.05) is 18.8 Å². The summed E-state index contributed by atoms with van der Waals surface area (Å²) in [5, 5.41) is 19.1. The van der Waals surface area contributed by atoms with Crippen molar-refractivity contribution in [1.82, 2.24) is 4.31 Å². The minimum Gasteiger partial charge on any atom is -0.506 e. The molecule has 1 saturated heterocycles. The molecule has 0 saturated carbocycles. The van der Waals surface area contributed by atoms with Crippen LogP contribution in [0, 0.1) is 0 Å². The molecule has 1 aromatic rings. The zero-order chi connectivity index (χ0) is 13.6. The first-order chi connectivity index (χ1) is 8.28. The normalized spacial score (nSPS) is 19.4. The second kappa shape index (κ2) is 4.11. The van der Waals surface area contributed by atoms with E-state index in [1.54, 1.807) is 0 Å². The molecule has 0 amide bonds. The maximum Gasteiger partial charge on any atom is 0.243 e. The quantitative estimate of drug-likeness (QED) is 0.535. The van der Waals surface area contributed by atoms with Gasteiger partial charge >= 0.3 is 0 Å². The molecule has 0 bridgehead atoms. The number of nitrogen functional groups attached to an aromatic ring is 1. The fourth-order valence-electron chi connectivity index (χ4n) is 1.85. The van der Waals surface area contributed by atoms with Crippen LogP contribution in [0.4, 0.5) is 5.69 Å². The van der Waals surface area contributed by atoms with Gasteiger partial charge in [0.1, 0.15) is 5.75 Å². The van der Waals surface area contributed by atoms with Gasteiger partial charge in [-0.1, -0.05) is 6.92 Å². The minimum absolute atomic E-state index is 0.0161. The van der Waals surface area contributed by atoms with E-state index in [1.807, 2.05) is 6.92 Å². The predicted octanol–water partition coefficient (Wildman–Crippen LogP) is 0.120. The van der Waals surface area contributed by atoms with Gasteiger partial charge in [0.15, 0.2) is 0 Å². The maximum absolute atomic E-state index is 12.2. The van der Waals surface area contributed by atoms with Crippen LogP contribution in [0.2, 0.25) is 0 Å². The summed E-state index contributed by atoms with van der Waals surface area (Å²) in [6.07, 6.45) is 0.511. The topological polar surface area (TPSA) is 104 Å². The molecule has 0 unspecified atom stereocenters. The zero-order valence-corrected chi connectivity index (χ0v) is 10.8. The second-order valence-electron chi connectivity index (χ2n) is 4.57. The van der Waals surface area contributed by atoms with Gasteiger partial charge in [-0.25, -0.2) is 8.42 Å². The van der Waals surface area contributed by atoms with E-state index < -0.39 is 15.6 Å². The molecule has 1 aliphatic heterocycles. The van der Waals surface area contributed by atoms with E-state index in [0.29, 0.717) is 6.42 Å². The Morgan fingerprint density at radius 1 is 1.44 bits per heavy atom. The standard InChI is InChI=1S/C11H16N2O4S/c1-2-11(15)6-13(7-11)18(16,17)8-3-4-10(14)9(12)5-8/h3-5,14-15H,2,6-7,12H2,1H3. The fourth-order valence-corrected chi connectivity index (χ4v) is 3.48. The number of nitrogens with zero attached hydrogens (tertiary/aromatic N) is 1. The van der Waals surface area contributed by atoms with Crippen LogP contribution < -0.4 is 5.73 Å². The Morgan fingerprint density at radius 3 is 2.56 bits per heavy atom. The van der Waals surface area contributed by atoms with Crippen LogP contribution >= 0.6 is 0 Å². The Labute approximate surface area is 106 Å². The summed E-state index contributed by atoms with van der Waals surface area (Å²) in [5.41, 5.74) is 4.57. The van der Waals surface area contributed by atoms with Crippen molar-refractivity contribution in [1.29, 1.82) is 0 Å². The molecular weight excluding hydrogens is 256 g/mol. The van der Waals surface area contributed by atoms with Gasteiger partial charge in [0.05, 0.1) is 16.2 Å². The molecule has 1 fully saturated rings. The van der Waals surface area contributed by atoms with Gasteiger partial charge in [0.25, 0.3) is 0 Å². The largest absolute Gasteiger partial charge is 0.506 e. The summed E-state index contributed by atoms with van der Waals surface area (Å²) in [6.45, 7) is 1.99. The number of β-amino-alcohol motifs (C(OH)–C–C–N with tert-alkyl or cyclic N) is 1. The molecule has 6 nitrogen and oxygen atoms in total. The number of benzene rings is 1. The van der Waals surface area contributed by atoms with Gasteiger partial charge < -0.3 is 15.9 Å². The lowest BCUT2D eigenvalue weighted by Gasteiger charge is -2.44. The number of anilines is 1. The molecule has 0 atom stereocenters. The smallest absolute Gasteiger partial charge is 0.243 e. The third-order valence-corrected chi connectivity index (χ3v) is 5.02. The van der Waals surface area contributed by atoms with E-state index in [2.05, 4.69) is 0 Å². The molecule has 1 aromatic carbocycles. The average molecular weight is 272 g/mol. The van der Waals surface area contributed by atoms with E-state index in [4.69, 9.17) is 5.73 Å². The Kier molecular flexibility index (Phi) is 3.00. The number of nitrogens with two attached hydrogens (primary N) is 1. The van der Waals surface area contributed by atoms with Crippen molar-refractivity contribution in [3.8, 4) is 5.75 Å². The Morgan fingerprint density at radius 2 is 2.06 bits per heavy atom. The van der Waals surface area contributed by atoms with Gasteiger partial charge in [-0.05, 0) is 24.6 Å². The van der Waals surface area contributed by atoms with Crippen molar-refractivity contribution in [3.05, 3.63) is 18.2 Å². The van der Waals surface area contributed by atoms with Crippen LogP contribution in [-0.4, -0.2) is 41.6 Å². The van der Waals surface area contributed by atoms with Crippen molar-refractivity contribution in [3.63, 3.8) is 0 Å². The van der Waals surface area contributed by atoms with E-state index >= 15 is 0 Å². The highest BCUT2D eigenvalue weighted by Crippen LogP contribution is 2.32. The number of hydrogen-bond acceptors (Lipinski definition) is 5. The first kappa shape index (κ1) is 13.1. The molecular formula is C11H16N2O4S. The van der Waals surface area contributed by atoms with Crippen molar-refractivity contribution < 1.29 is 18.6 Å². The van der Waals surface area contributed by atoms with Crippen LogP contribution in [0.1, 0.15) is 13.3 Å². The molecule has 100 valence electrons. The van der Waals surface area contributed by atoms with Crippen LogP contribution in [0.5, 0.6) is 5.75 Å².